The predicted octanol–water partition coefficient (Wildman–Crippen LogP) is 6.80. The van der Waals surface area contributed by atoms with Gasteiger partial charge in [-0.05, 0) is 72.2 Å². The lowest BCUT2D eigenvalue weighted by atomic mass is 9.81. The Bertz CT molecular complexity index is 2330. The largest absolute Gasteiger partial charge is 0.277 e. The third-order valence-corrected chi connectivity index (χ3v) is 9.43. The van der Waals surface area contributed by atoms with Gasteiger partial charge in [-0.2, -0.15) is 20.5 Å². The maximum Gasteiger partial charge on any atom is 0.261 e. The Morgan fingerprint density at radius 2 is 0.909 bits per heavy atom. The number of thiocarbonyl (C=S) groups is 2. The van der Waals surface area contributed by atoms with Crippen molar-refractivity contribution in [3.8, 4) is 10.8 Å². The van der Waals surface area contributed by atoms with E-state index in [-0.39, 0.29) is 33.6 Å². The van der Waals surface area contributed by atoms with Crippen LogP contribution < -0.4 is 0 Å². The van der Waals surface area contributed by atoms with Crippen LogP contribution in [0.2, 0.25) is 0 Å². The molecule has 10 nitrogen and oxygen atoms in total. The number of nitriles is 2. The van der Waals surface area contributed by atoms with E-state index in [4.69, 9.17) is 24.4 Å². The number of carbonyl (C=O) groups is 4. The summed E-state index contributed by atoms with van der Waals surface area (Å²) in [6, 6.07) is 6.11. The van der Waals surface area contributed by atoms with Crippen LogP contribution in [0, 0.1) is 21.3 Å². The number of hydrogen-bond donors (Lipinski definition) is 0. The predicted molar refractivity (Wildman–Crippen MR) is 173 cm³/mol. The molecule has 208 valence electrons. The van der Waals surface area contributed by atoms with Crippen LogP contribution in [0.3, 0.4) is 0 Å². The molecule has 0 radical (unpaired) electrons. The van der Waals surface area contributed by atoms with Crippen LogP contribution in [0.5, 0.6) is 0 Å². The van der Waals surface area contributed by atoms with Gasteiger partial charge in [-0.3, -0.25) is 29.0 Å². The minimum Gasteiger partial charge on any atom is -0.277 e. The van der Waals surface area contributed by atoms with Crippen LogP contribution in [0.4, 0.5) is 11.4 Å². The van der Waals surface area contributed by atoms with Crippen LogP contribution in [-0.2, 0) is 0 Å². The summed E-state index contributed by atoms with van der Waals surface area (Å²) >= 11 is 11.6. The number of imide groups is 2. The maximum absolute atomic E-state index is 13.5. The standard InChI is InChI=1S/C30H10N6O4S4/c1-35-27(37)11-3-15(33-9-41)21-22-16(34-10-42)4-12-20-14(30(40)36(2)28(12)38)6-18(44-8-32)24(26(20)22)23-17(43-7-31)5-13(29(35)39)19(11)25(21)23/h3-6H,1-2H3. The Morgan fingerprint density at radius 3 is 1.23 bits per heavy atom. The van der Waals surface area contributed by atoms with Crippen molar-refractivity contribution in [3.05, 3.63) is 46.5 Å². The SMILES string of the molecule is CN1C(=O)c2cc(N=C=S)c3c4c(N=C=S)cc5c6c(cc(SC#N)c(c7c(SC#N)cc(c2c37)C1=O)c64)C(=O)N(C)C5=O. The minimum absolute atomic E-state index is 0.176. The number of aliphatic imine (C=N–C) groups is 2. The second-order valence-electron chi connectivity index (χ2n) is 9.86. The average Bonchev–Trinajstić information content (AvgIpc) is 3.01. The topological polar surface area (TPSA) is 147 Å². The van der Waals surface area contributed by atoms with Crippen molar-refractivity contribution < 1.29 is 19.2 Å². The molecule has 0 spiro atoms. The van der Waals surface area contributed by atoms with E-state index in [1.807, 2.05) is 0 Å². The molecule has 0 bridgehead atoms. The third-order valence-electron chi connectivity index (χ3n) is 7.98. The van der Waals surface area contributed by atoms with Crippen molar-refractivity contribution in [2.75, 3.05) is 14.1 Å². The molecule has 0 saturated carbocycles. The highest BCUT2D eigenvalue weighted by atomic mass is 32.2. The first-order chi connectivity index (χ1) is 21.2. The number of nitrogens with zero attached hydrogens (tertiary/aromatic N) is 6. The van der Waals surface area contributed by atoms with Gasteiger partial charge in [0.15, 0.2) is 0 Å². The second-order valence-corrected chi connectivity index (χ2v) is 11.9. The molecule has 2 aliphatic heterocycles. The molecule has 14 heteroatoms. The molecule has 5 aromatic carbocycles. The van der Waals surface area contributed by atoms with E-state index in [1.54, 1.807) is 12.1 Å². The van der Waals surface area contributed by atoms with E-state index < -0.39 is 23.6 Å². The second kappa shape index (κ2) is 9.74. The zero-order valence-electron chi connectivity index (χ0n) is 22.3. The quantitative estimate of drug-likeness (QED) is 0.0388. The highest BCUT2D eigenvalue weighted by Crippen LogP contribution is 2.55. The number of isothiocyanates is 2. The van der Waals surface area contributed by atoms with Gasteiger partial charge in [-0.1, -0.05) is 0 Å². The van der Waals surface area contributed by atoms with Gasteiger partial charge in [0.1, 0.15) is 10.8 Å². The van der Waals surface area contributed by atoms with Gasteiger partial charge < -0.3 is 0 Å². The third kappa shape index (κ3) is 3.38. The summed E-state index contributed by atoms with van der Waals surface area (Å²) in [5.41, 5.74) is 1.14. The van der Waals surface area contributed by atoms with Crippen LogP contribution >= 0.6 is 48.0 Å². The summed E-state index contributed by atoms with van der Waals surface area (Å²) in [6.45, 7) is 0. The molecule has 44 heavy (non-hydrogen) atoms. The van der Waals surface area contributed by atoms with Crippen molar-refractivity contribution in [1.29, 1.82) is 10.5 Å². The van der Waals surface area contributed by atoms with Gasteiger partial charge in [-0.15, -0.1) is 0 Å². The first-order valence-corrected chi connectivity index (χ1v) is 14.9. The highest BCUT2D eigenvalue weighted by molar-refractivity contribution is 8.04. The van der Waals surface area contributed by atoms with Crippen molar-refractivity contribution in [1.82, 2.24) is 9.80 Å². The lowest BCUT2D eigenvalue weighted by Gasteiger charge is -2.30. The number of carbonyl (C=O) groups excluding carboxylic acids is 4. The summed E-state index contributed by atoms with van der Waals surface area (Å²) in [4.78, 5) is 65.4. The molecule has 0 atom stereocenters. The number of fused-ring (bicyclic) bond motifs is 2. The molecule has 0 aromatic heterocycles. The monoisotopic (exact) mass is 646 g/mol. The number of thiocyanates is 2. The fraction of sp³-hybridized carbons (Fsp3) is 0.0667. The van der Waals surface area contributed by atoms with Crippen molar-refractivity contribution in [2.24, 2.45) is 9.98 Å². The van der Waals surface area contributed by atoms with Crippen LogP contribution in [0.1, 0.15) is 41.4 Å². The van der Waals surface area contributed by atoms with Gasteiger partial charge in [0.2, 0.25) is 0 Å². The van der Waals surface area contributed by atoms with E-state index in [0.29, 0.717) is 52.9 Å². The molecule has 7 rings (SSSR count). The number of rotatable bonds is 4. The number of amides is 4. The van der Waals surface area contributed by atoms with Crippen molar-refractivity contribution >= 4 is 136 Å². The summed E-state index contributed by atoms with van der Waals surface area (Å²) in [7, 11) is 2.73. The van der Waals surface area contributed by atoms with Crippen molar-refractivity contribution in [2.45, 2.75) is 9.79 Å². The normalized spacial score (nSPS) is 13.9. The Morgan fingerprint density at radius 1 is 0.568 bits per heavy atom. The molecular weight excluding hydrogens is 637 g/mol. The molecule has 0 N–H and O–H groups in total. The Kier molecular flexibility index (Phi) is 6.15. The van der Waals surface area contributed by atoms with E-state index in [1.165, 1.54) is 26.2 Å². The number of hydrogen-bond acceptors (Lipinski definition) is 12. The average molecular weight is 647 g/mol. The first kappa shape index (κ1) is 27.8. The summed E-state index contributed by atoms with van der Waals surface area (Å²) in [6.07, 6.45) is 0. The van der Waals surface area contributed by atoms with E-state index in [0.717, 1.165) is 33.3 Å². The molecule has 2 heterocycles. The molecule has 0 saturated heterocycles. The van der Waals surface area contributed by atoms with Gasteiger partial charge in [0, 0.05) is 78.1 Å². The molecule has 5 aromatic rings. The molecule has 0 fully saturated rings. The van der Waals surface area contributed by atoms with E-state index >= 15 is 0 Å². The molecule has 0 aliphatic carbocycles. The van der Waals surface area contributed by atoms with E-state index in [9.17, 15) is 29.7 Å². The minimum atomic E-state index is -0.569. The highest BCUT2D eigenvalue weighted by Gasteiger charge is 2.38. The fourth-order valence-corrected chi connectivity index (χ4v) is 7.67. The summed E-state index contributed by atoms with van der Waals surface area (Å²) in [5, 5.41) is 31.7. The molecule has 0 unspecified atom stereocenters. The fourth-order valence-electron chi connectivity index (χ4n) is 6.31. The Balaban J connectivity index is 1.96. The van der Waals surface area contributed by atoms with E-state index in [2.05, 4.69) is 31.1 Å². The summed E-state index contributed by atoms with van der Waals surface area (Å²) < 4.78 is 0. The van der Waals surface area contributed by atoms with Crippen molar-refractivity contribution in [3.63, 3.8) is 0 Å². The lowest BCUT2D eigenvalue weighted by molar-refractivity contribution is 0.0635. The van der Waals surface area contributed by atoms with Gasteiger partial charge in [0.25, 0.3) is 23.6 Å². The Labute approximate surface area is 265 Å². The number of thioether (sulfide) groups is 2. The van der Waals surface area contributed by atoms with Gasteiger partial charge in [0.05, 0.1) is 32.8 Å². The zero-order valence-corrected chi connectivity index (χ0v) is 25.5. The smallest absolute Gasteiger partial charge is 0.261 e. The first-order valence-electron chi connectivity index (χ1n) is 12.5. The van der Waals surface area contributed by atoms with Crippen LogP contribution in [0.25, 0.3) is 43.1 Å². The molecule has 2 aliphatic rings. The molecular formula is C30H10N6O4S4. The lowest BCUT2D eigenvalue weighted by Crippen LogP contribution is -2.37. The maximum atomic E-state index is 13.5. The zero-order chi connectivity index (χ0) is 31.2. The van der Waals surface area contributed by atoms with Gasteiger partial charge in [-0.25, -0.2) is 0 Å². The summed E-state index contributed by atoms with van der Waals surface area (Å²) in [5.74, 6) is -2.27. The molecule has 4 amide bonds. The van der Waals surface area contributed by atoms with Crippen LogP contribution in [0.15, 0.2) is 44.0 Å². The van der Waals surface area contributed by atoms with Gasteiger partial charge >= 0.3 is 0 Å². The number of benzene rings is 5. The van der Waals surface area contributed by atoms with Crippen LogP contribution in [-0.4, -0.2) is 57.8 Å². The Hall–Kier alpha value is -5.04.